The molecule has 0 saturated heterocycles. The molecule has 340 valence electrons. The third kappa shape index (κ3) is 43.8. The summed E-state index contributed by atoms with van der Waals surface area (Å²) >= 11 is 0. The Bertz CT molecular complexity index is 1090. The number of unbranched alkanes of at least 4 members (excludes halogenated alkanes) is 23. The second-order valence-corrected chi connectivity index (χ2v) is 18.6. The molecule has 0 bridgehead atoms. The fourth-order valence-corrected chi connectivity index (χ4v) is 7.13. The van der Waals surface area contributed by atoms with Crippen molar-refractivity contribution in [1.82, 2.24) is 0 Å². The predicted molar refractivity (Wildman–Crippen MR) is 243 cm³/mol. The van der Waals surface area contributed by atoms with Gasteiger partial charge in [-0.1, -0.05) is 159 Å². The van der Waals surface area contributed by atoms with Gasteiger partial charge in [0.25, 0.3) is 0 Å². The number of hydrogen-bond donors (Lipinski definition) is 1. The molecule has 0 aliphatic heterocycles. The molecule has 0 aliphatic carbocycles. The Labute approximate surface area is 357 Å². The molecule has 0 spiro atoms. The van der Waals surface area contributed by atoms with Crippen molar-refractivity contribution < 1.29 is 42.1 Å². The largest absolute Gasteiger partial charge is 0.472 e. The molecule has 0 aromatic heterocycles. The molecule has 0 rings (SSSR count). The van der Waals surface area contributed by atoms with Gasteiger partial charge in [-0.2, -0.15) is 0 Å². The summed E-state index contributed by atoms with van der Waals surface area (Å²) in [4.78, 5) is 35.4. The first-order valence-corrected chi connectivity index (χ1v) is 25.2. The highest BCUT2D eigenvalue weighted by atomic mass is 31.2. The van der Waals surface area contributed by atoms with Gasteiger partial charge < -0.3 is 18.9 Å². The number of rotatable bonds is 43. The lowest BCUT2D eigenvalue weighted by molar-refractivity contribution is -0.870. The summed E-state index contributed by atoms with van der Waals surface area (Å²) in [5.74, 6) is -0.809. The fraction of sp³-hybridized carbons (Fsp3) is 0.833. The zero-order valence-corrected chi connectivity index (χ0v) is 39.2. The molecule has 0 heterocycles. The zero-order valence-electron chi connectivity index (χ0n) is 38.3. The molecular formula is C48H91NO8P+. The number of phosphoric acid groups is 1. The molecule has 0 aromatic carbocycles. The van der Waals surface area contributed by atoms with Crippen molar-refractivity contribution in [2.75, 3.05) is 47.5 Å². The minimum absolute atomic E-state index is 0.0296. The summed E-state index contributed by atoms with van der Waals surface area (Å²) < 4.78 is 34.4. The Morgan fingerprint density at radius 2 is 0.931 bits per heavy atom. The number of allylic oxidation sites excluding steroid dienone is 6. The average Bonchev–Trinajstić information content (AvgIpc) is 3.17. The highest BCUT2D eigenvalue weighted by Crippen LogP contribution is 2.43. The van der Waals surface area contributed by atoms with E-state index in [-0.39, 0.29) is 32.0 Å². The summed E-state index contributed by atoms with van der Waals surface area (Å²) in [5.41, 5.74) is 0. The maximum absolute atomic E-state index is 12.7. The number of likely N-dealkylation sites (N-methyl/N-ethyl adjacent to an activating group) is 1. The molecule has 0 amide bonds. The van der Waals surface area contributed by atoms with Gasteiger partial charge in [-0.15, -0.1) is 0 Å². The lowest BCUT2D eigenvalue weighted by Crippen LogP contribution is -2.37. The minimum Gasteiger partial charge on any atom is -0.462 e. The van der Waals surface area contributed by atoms with Crippen LogP contribution in [0.3, 0.4) is 0 Å². The van der Waals surface area contributed by atoms with Crippen LogP contribution in [0.1, 0.15) is 206 Å². The van der Waals surface area contributed by atoms with E-state index >= 15 is 0 Å². The predicted octanol–water partition coefficient (Wildman–Crippen LogP) is 13.7. The van der Waals surface area contributed by atoms with E-state index in [4.69, 9.17) is 18.5 Å². The zero-order chi connectivity index (χ0) is 42.8. The first-order chi connectivity index (χ1) is 28.0. The first-order valence-electron chi connectivity index (χ1n) is 23.7. The van der Waals surface area contributed by atoms with E-state index in [2.05, 4.69) is 50.3 Å². The van der Waals surface area contributed by atoms with Gasteiger partial charge in [0.1, 0.15) is 19.8 Å². The third-order valence-corrected chi connectivity index (χ3v) is 11.1. The Morgan fingerprint density at radius 3 is 1.41 bits per heavy atom. The third-order valence-electron chi connectivity index (χ3n) is 10.1. The lowest BCUT2D eigenvalue weighted by Gasteiger charge is -2.24. The summed E-state index contributed by atoms with van der Waals surface area (Å²) in [6.07, 6.45) is 46.1. The van der Waals surface area contributed by atoms with Gasteiger partial charge in [-0.3, -0.25) is 18.6 Å². The molecule has 0 radical (unpaired) electrons. The SMILES string of the molecule is CCCCC/C=C\C/C=C\CCCCCCCCCCCC(=O)OC(COC(=O)CCCCCCC/C=C\CCCCCCCC)COP(=O)(O)OCC[N+](C)(C)C. The molecule has 58 heavy (non-hydrogen) atoms. The number of hydrogen-bond acceptors (Lipinski definition) is 7. The van der Waals surface area contributed by atoms with Gasteiger partial charge in [0.2, 0.25) is 0 Å². The topological polar surface area (TPSA) is 108 Å². The Hall–Kier alpha value is -1.77. The Balaban J connectivity index is 4.32. The molecule has 0 aromatic rings. The maximum atomic E-state index is 12.7. The van der Waals surface area contributed by atoms with Crippen LogP contribution in [0.5, 0.6) is 0 Å². The number of carbonyl (C=O) groups excluding carboxylic acids is 2. The smallest absolute Gasteiger partial charge is 0.462 e. The number of nitrogens with zero attached hydrogens (tertiary/aromatic N) is 1. The monoisotopic (exact) mass is 841 g/mol. The molecule has 2 unspecified atom stereocenters. The van der Waals surface area contributed by atoms with Crippen molar-refractivity contribution in [2.24, 2.45) is 0 Å². The van der Waals surface area contributed by atoms with Crippen molar-refractivity contribution in [3.8, 4) is 0 Å². The first kappa shape index (κ1) is 56.2. The van der Waals surface area contributed by atoms with E-state index in [0.717, 1.165) is 70.6 Å². The molecule has 0 fully saturated rings. The molecule has 9 nitrogen and oxygen atoms in total. The normalized spacial score (nSPS) is 13.8. The van der Waals surface area contributed by atoms with Crippen LogP contribution in [0, 0.1) is 0 Å². The van der Waals surface area contributed by atoms with E-state index in [9.17, 15) is 19.0 Å². The highest BCUT2D eigenvalue weighted by molar-refractivity contribution is 7.47. The minimum atomic E-state index is -4.38. The van der Waals surface area contributed by atoms with E-state index in [0.29, 0.717) is 17.4 Å². The van der Waals surface area contributed by atoms with Gasteiger partial charge in [-0.25, -0.2) is 4.57 Å². The second kappa shape index (κ2) is 40.6. The van der Waals surface area contributed by atoms with Crippen LogP contribution in [0.15, 0.2) is 36.5 Å². The van der Waals surface area contributed by atoms with Crippen LogP contribution in [-0.4, -0.2) is 74.9 Å². The van der Waals surface area contributed by atoms with Gasteiger partial charge in [0.05, 0.1) is 27.7 Å². The summed E-state index contributed by atoms with van der Waals surface area (Å²) in [6.45, 7) is 4.39. The molecule has 10 heteroatoms. The molecule has 2 atom stereocenters. The molecule has 0 saturated carbocycles. The molecule has 1 N–H and O–H groups in total. The van der Waals surface area contributed by atoms with Gasteiger partial charge >= 0.3 is 19.8 Å². The lowest BCUT2D eigenvalue weighted by atomic mass is 10.1. The molecular weight excluding hydrogens is 750 g/mol. The van der Waals surface area contributed by atoms with E-state index in [1.165, 1.54) is 103 Å². The van der Waals surface area contributed by atoms with Crippen LogP contribution in [0.2, 0.25) is 0 Å². The van der Waals surface area contributed by atoms with Crippen molar-refractivity contribution in [3.05, 3.63) is 36.5 Å². The summed E-state index contributed by atoms with van der Waals surface area (Å²) in [6, 6.07) is 0. The number of carbonyl (C=O) groups is 2. The van der Waals surface area contributed by atoms with Crippen LogP contribution >= 0.6 is 7.82 Å². The summed E-state index contributed by atoms with van der Waals surface area (Å²) in [5, 5.41) is 0. The van der Waals surface area contributed by atoms with Gasteiger partial charge in [-0.05, 0) is 70.6 Å². The van der Waals surface area contributed by atoms with Crippen molar-refractivity contribution in [1.29, 1.82) is 0 Å². The van der Waals surface area contributed by atoms with Crippen LogP contribution in [0.25, 0.3) is 0 Å². The number of esters is 2. The fourth-order valence-electron chi connectivity index (χ4n) is 6.39. The van der Waals surface area contributed by atoms with Gasteiger partial charge in [0.15, 0.2) is 6.10 Å². The number of phosphoric ester groups is 1. The van der Waals surface area contributed by atoms with Crippen molar-refractivity contribution in [2.45, 2.75) is 213 Å². The number of ether oxygens (including phenoxy) is 2. The van der Waals surface area contributed by atoms with Gasteiger partial charge in [0, 0.05) is 12.8 Å². The highest BCUT2D eigenvalue weighted by Gasteiger charge is 2.27. The standard InChI is InChI=1S/C48H90NO8P/c1-6-8-10-12-14-16-18-20-22-23-24-25-27-29-31-33-35-37-39-41-48(51)57-46(45-56-58(52,53)55-43-42-49(3,4)5)44-54-47(50)40-38-36-34-32-30-28-26-21-19-17-15-13-11-9-7-2/h14,16,20-22,26,46H,6-13,15,17-19,23-25,27-45H2,1-5H3/p+1/b16-14-,22-20-,26-21-. The van der Waals surface area contributed by atoms with Crippen LogP contribution in [-0.2, 0) is 32.7 Å². The van der Waals surface area contributed by atoms with E-state index < -0.39 is 26.5 Å². The van der Waals surface area contributed by atoms with Crippen molar-refractivity contribution in [3.63, 3.8) is 0 Å². The van der Waals surface area contributed by atoms with E-state index in [1.54, 1.807) is 0 Å². The summed E-state index contributed by atoms with van der Waals surface area (Å²) in [7, 11) is 1.47. The van der Waals surface area contributed by atoms with Crippen LogP contribution < -0.4 is 0 Å². The van der Waals surface area contributed by atoms with E-state index in [1.807, 2.05) is 21.1 Å². The Morgan fingerprint density at radius 1 is 0.534 bits per heavy atom. The average molecular weight is 841 g/mol. The van der Waals surface area contributed by atoms with Crippen molar-refractivity contribution >= 4 is 19.8 Å². The Kier molecular flexibility index (Phi) is 39.4. The molecule has 0 aliphatic rings. The quantitative estimate of drug-likeness (QED) is 0.0213. The maximum Gasteiger partial charge on any atom is 0.472 e. The number of quaternary nitrogens is 1. The second-order valence-electron chi connectivity index (χ2n) is 17.1. The van der Waals surface area contributed by atoms with Crippen LogP contribution in [0.4, 0.5) is 0 Å².